The van der Waals surface area contributed by atoms with E-state index in [1.807, 2.05) is 56.3 Å². The van der Waals surface area contributed by atoms with Gasteiger partial charge in [-0.3, -0.25) is 4.79 Å². The molecule has 0 unspecified atom stereocenters. The summed E-state index contributed by atoms with van der Waals surface area (Å²) < 4.78 is 1.23. The van der Waals surface area contributed by atoms with Crippen LogP contribution in [0.25, 0.3) is 22.3 Å². The average molecular weight is 321 g/mol. The summed E-state index contributed by atoms with van der Waals surface area (Å²) in [6.45, 7) is 4.88. The molecule has 5 heteroatoms. The molecular formula is C19H19N3O2. The topological polar surface area (TPSA) is 55.2 Å². The first-order valence-electron chi connectivity index (χ1n) is 8.03. The monoisotopic (exact) mass is 321 g/mol. The predicted molar refractivity (Wildman–Crippen MR) is 95.2 cm³/mol. The molecule has 0 spiro atoms. The highest BCUT2D eigenvalue weighted by Gasteiger charge is 2.20. The molecule has 0 N–H and O–H groups in total. The molecule has 5 nitrogen and oxygen atoms in total. The number of fused-ring (bicyclic) bond motifs is 1. The third-order valence-corrected chi connectivity index (χ3v) is 4.03. The van der Waals surface area contributed by atoms with Gasteiger partial charge in [-0.1, -0.05) is 42.5 Å². The Morgan fingerprint density at radius 1 is 1.00 bits per heavy atom. The van der Waals surface area contributed by atoms with Crippen LogP contribution in [0.2, 0.25) is 0 Å². The number of hydrogen-bond donors (Lipinski definition) is 0. The van der Waals surface area contributed by atoms with Crippen molar-refractivity contribution in [2.75, 3.05) is 13.1 Å². The lowest BCUT2D eigenvalue weighted by Gasteiger charge is -2.21. The summed E-state index contributed by atoms with van der Waals surface area (Å²) in [6.07, 6.45) is 0. The lowest BCUT2D eigenvalue weighted by atomic mass is 10.1. The third-order valence-electron chi connectivity index (χ3n) is 4.03. The maximum absolute atomic E-state index is 13.0. The van der Waals surface area contributed by atoms with Gasteiger partial charge >= 0.3 is 6.03 Å². The minimum Gasteiger partial charge on any atom is -0.325 e. The summed E-state index contributed by atoms with van der Waals surface area (Å²) in [4.78, 5) is 32.0. The number of rotatable bonds is 3. The summed E-state index contributed by atoms with van der Waals surface area (Å²) in [6, 6.07) is 16.1. The number of hydrogen-bond acceptors (Lipinski definition) is 3. The Balaban J connectivity index is 2.33. The van der Waals surface area contributed by atoms with Crippen molar-refractivity contribution < 1.29 is 4.79 Å². The van der Waals surface area contributed by atoms with Crippen molar-refractivity contribution >= 4 is 17.1 Å². The van der Waals surface area contributed by atoms with Crippen LogP contribution in [0.15, 0.2) is 59.4 Å². The number of benzene rings is 2. The van der Waals surface area contributed by atoms with Crippen molar-refractivity contribution in [2.24, 2.45) is 0 Å². The predicted octanol–water partition coefficient (Wildman–Crippen LogP) is 3.37. The van der Waals surface area contributed by atoms with E-state index in [1.54, 1.807) is 17.0 Å². The van der Waals surface area contributed by atoms with Gasteiger partial charge in [-0.15, -0.1) is 0 Å². The molecule has 0 aliphatic rings. The molecule has 0 saturated heterocycles. The van der Waals surface area contributed by atoms with Gasteiger partial charge < -0.3 is 4.90 Å². The zero-order valence-electron chi connectivity index (χ0n) is 13.8. The minimum atomic E-state index is -0.392. The SMILES string of the molecule is CCN(CC)C(=O)n1c(=O)c(-c2ccccc2)nc2ccccc21. The van der Waals surface area contributed by atoms with Gasteiger partial charge in [0.2, 0.25) is 0 Å². The van der Waals surface area contributed by atoms with Crippen LogP contribution >= 0.6 is 0 Å². The third kappa shape index (κ3) is 2.69. The molecule has 1 heterocycles. The number of carbonyl (C=O) groups excluding carboxylic acids is 1. The normalized spacial score (nSPS) is 10.8. The highest BCUT2D eigenvalue weighted by molar-refractivity contribution is 5.90. The summed E-state index contributed by atoms with van der Waals surface area (Å²) >= 11 is 0. The lowest BCUT2D eigenvalue weighted by molar-refractivity contribution is 0.205. The van der Waals surface area contributed by atoms with Crippen molar-refractivity contribution in [1.29, 1.82) is 0 Å². The zero-order chi connectivity index (χ0) is 17.1. The van der Waals surface area contributed by atoms with Crippen LogP contribution in [0.4, 0.5) is 4.79 Å². The minimum absolute atomic E-state index is 0.287. The molecule has 2 aromatic carbocycles. The summed E-state index contributed by atoms with van der Waals surface area (Å²) in [5.41, 5.74) is 1.75. The van der Waals surface area contributed by atoms with Crippen LogP contribution in [-0.2, 0) is 0 Å². The first-order chi connectivity index (χ1) is 11.7. The number of para-hydroxylation sites is 2. The molecule has 3 aromatic rings. The lowest BCUT2D eigenvalue weighted by Crippen LogP contribution is -2.40. The Bertz CT molecular complexity index is 928. The quantitative estimate of drug-likeness (QED) is 0.743. The highest BCUT2D eigenvalue weighted by Crippen LogP contribution is 2.17. The van der Waals surface area contributed by atoms with E-state index < -0.39 is 5.56 Å². The number of carbonyl (C=O) groups is 1. The molecule has 24 heavy (non-hydrogen) atoms. The van der Waals surface area contributed by atoms with Crippen LogP contribution in [0.1, 0.15) is 13.8 Å². The largest absolute Gasteiger partial charge is 0.331 e. The van der Waals surface area contributed by atoms with Crippen molar-refractivity contribution in [1.82, 2.24) is 14.5 Å². The summed E-state index contributed by atoms with van der Waals surface area (Å²) in [7, 11) is 0. The molecule has 0 aliphatic carbocycles. The molecule has 0 radical (unpaired) electrons. The first-order valence-corrected chi connectivity index (χ1v) is 8.03. The Kier molecular flexibility index (Phi) is 4.42. The number of aromatic nitrogens is 2. The van der Waals surface area contributed by atoms with E-state index in [0.29, 0.717) is 29.7 Å². The average Bonchev–Trinajstić information content (AvgIpc) is 2.63. The molecule has 0 atom stereocenters. The molecule has 1 amide bonds. The maximum Gasteiger partial charge on any atom is 0.331 e. The van der Waals surface area contributed by atoms with Crippen molar-refractivity contribution in [2.45, 2.75) is 13.8 Å². The summed E-state index contributed by atoms with van der Waals surface area (Å²) in [5, 5.41) is 0. The van der Waals surface area contributed by atoms with Crippen molar-refractivity contribution in [3.05, 3.63) is 65.0 Å². The van der Waals surface area contributed by atoms with Gasteiger partial charge in [0.05, 0.1) is 11.0 Å². The van der Waals surface area contributed by atoms with Crippen LogP contribution < -0.4 is 5.56 Å². The van der Waals surface area contributed by atoms with E-state index in [2.05, 4.69) is 4.98 Å². The Hall–Kier alpha value is -2.95. The fourth-order valence-electron chi connectivity index (χ4n) is 2.74. The second-order valence-corrected chi connectivity index (χ2v) is 5.41. The van der Waals surface area contributed by atoms with E-state index >= 15 is 0 Å². The van der Waals surface area contributed by atoms with Crippen LogP contribution in [0, 0.1) is 0 Å². The Morgan fingerprint density at radius 2 is 1.62 bits per heavy atom. The fourth-order valence-corrected chi connectivity index (χ4v) is 2.74. The fraction of sp³-hybridized carbons (Fsp3) is 0.211. The molecule has 0 saturated carbocycles. The van der Waals surface area contributed by atoms with Crippen molar-refractivity contribution in [3.63, 3.8) is 0 Å². The summed E-state index contributed by atoms with van der Waals surface area (Å²) in [5.74, 6) is 0. The van der Waals surface area contributed by atoms with Crippen molar-refractivity contribution in [3.8, 4) is 11.3 Å². The second kappa shape index (κ2) is 6.66. The van der Waals surface area contributed by atoms with E-state index in [-0.39, 0.29) is 11.7 Å². The molecule has 0 fully saturated rings. The Labute approximate surface area is 140 Å². The highest BCUT2D eigenvalue weighted by atomic mass is 16.2. The van der Waals surface area contributed by atoms with E-state index in [9.17, 15) is 9.59 Å². The molecular weight excluding hydrogens is 302 g/mol. The van der Waals surface area contributed by atoms with Gasteiger partial charge in [-0.05, 0) is 26.0 Å². The van der Waals surface area contributed by atoms with Crippen LogP contribution in [0.5, 0.6) is 0 Å². The second-order valence-electron chi connectivity index (χ2n) is 5.41. The van der Waals surface area contributed by atoms with Gasteiger partial charge in [-0.2, -0.15) is 0 Å². The zero-order valence-corrected chi connectivity index (χ0v) is 13.8. The van der Waals surface area contributed by atoms with Gasteiger partial charge in [0.15, 0.2) is 0 Å². The molecule has 122 valence electrons. The van der Waals surface area contributed by atoms with Gasteiger partial charge in [0, 0.05) is 18.7 Å². The van der Waals surface area contributed by atoms with E-state index in [1.165, 1.54) is 4.57 Å². The molecule has 1 aromatic heterocycles. The maximum atomic E-state index is 13.0. The number of nitrogens with zero attached hydrogens (tertiary/aromatic N) is 3. The first kappa shape index (κ1) is 15.9. The standard InChI is InChI=1S/C19H19N3O2/c1-3-21(4-2)19(24)22-16-13-9-8-12-15(16)20-17(18(22)23)14-10-6-5-7-11-14/h5-13H,3-4H2,1-2H3. The van der Waals surface area contributed by atoms with Gasteiger partial charge in [-0.25, -0.2) is 14.3 Å². The van der Waals surface area contributed by atoms with E-state index in [4.69, 9.17) is 0 Å². The van der Waals surface area contributed by atoms with E-state index in [0.717, 1.165) is 0 Å². The Morgan fingerprint density at radius 3 is 2.29 bits per heavy atom. The number of amides is 1. The van der Waals surface area contributed by atoms with Gasteiger partial charge in [0.1, 0.15) is 5.69 Å². The van der Waals surface area contributed by atoms with Crippen LogP contribution in [0.3, 0.4) is 0 Å². The smallest absolute Gasteiger partial charge is 0.325 e. The van der Waals surface area contributed by atoms with Gasteiger partial charge in [0.25, 0.3) is 5.56 Å². The molecule has 0 bridgehead atoms. The molecule has 0 aliphatic heterocycles. The molecule has 3 rings (SSSR count). The van der Waals surface area contributed by atoms with Crippen LogP contribution in [-0.4, -0.2) is 33.6 Å².